The zero-order valence-corrected chi connectivity index (χ0v) is 15.3. The van der Waals surface area contributed by atoms with Gasteiger partial charge in [-0.3, -0.25) is 4.79 Å². The first-order valence-corrected chi connectivity index (χ1v) is 9.07. The van der Waals surface area contributed by atoms with Crippen molar-refractivity contribution in [2.24, 2.45) is 4.99 Å². The van der Waals surface area contributed by atoms with Crippen LogP contribution in [-0.2, 0) is 4.79 Å². The molecule has 1 amide bonds. The third-order valence-electron chi connectivity index (χ3n) is 3.77. The standard InChI is InChI=1S/C19H13ClN4OS/c1-12-22-23-19(26-12)24-17(14-5-3-2-4-6-14)21-16(18(24)25)11-13-7-9-15(20)10-8-13/h2-11H,1H3/b16-11+. The molecule has 0 bridgehead atoms. The van der Waals surface area contributed by atoms with E-state index in [1.54, 1.807) is 18.2 Å². The van der Waals surface area contributed by atoms with Crippen LogP contribution in [0.5, 0.6) is 0 Å². The van der Waals surface area contributed by atoms with Crippen molar-refractivity contribution in [2.75, 3.05) is 4.90 Å². The molecule has 0 aliphatic carbocycles. The molecule has 0 unspecified atom stereocenters. The minimum atomic E-state index is -0.227. The summed E-state index contributed by atoms with van der Waals surface area (Å²) in [6.45, 7) is 1.85. The van der Waals surface area contributed by atoms with Crippen LogP contribution in [0.2, 0.25) is 5.02 Å². The van der Waals surface area contributed by atoms with Crippen molar-refractivity contribution in [2.45, 2.75) is 6.92 Å². The summed E-state index contributed by atoms with van der Waals surface area (Å²) >= 11 is 7.28. The number of aliphatic imine (C=N–C) groups is 1. The Labute approximate surface area is 159 Å². The summed E-state index contributed by atoms with van der Waals surface area (Å²) in [6, 6.07) is 16.8. The molecule has 0 saturated carbocycles. The number of amides is 1. The van der Waals surface area contributed by atoms with Crippen molar-refractivity contribution < 1.29 is 4.79 Å². The average molecular weight is 381 g/mol. The molecule has 7 heteroatoms. The van der Waals surface area contributed by atoms with Crippen LogP contribution in [0.25, 0.3) is 6.08 Å². The zero-order valence-electron chi connectivity index (χ0n) is 13.8. The fourth-order valence-electron chi connectivity index (χ4n) is 2.57. The lowest BCUT2D eigenvalue weighted by Crippen LogP contribution is -2.32. The number of benzene rings is 2. The number of carbonyl (C=O) groups is 1. The van der Waals surface area contributed by atoms with E-state index in [1.165, 1.54) is 16.2 Å². The Morgan fingerprint density at radius 2 is 1.77 bits per heavy atom. The maximum Gasteiger partial charge on any atom is 0.284 e. The number of carbonyl (C=O) groups excluding carboxylic acids is 1. The second-order valence-electron chi connectivity index (χ2n) is 5.63. The van der Waals surface area contributed by atoms with Crippen molar-refractivity contribution in [1.29, 1.82) is 0 Å². The molecule has 128 valence electrons. The maximum atomic E-state index is 13.0. The summed E-state index contributed by atoms with van der Waals surface area (Å²) in [4.78, 5) is 19.1. The van der Waals surface area contributed by atoms with Crippen molar-refractivity contribution in [3.63, 3.8) is 0 Å². The lowest BCUT2D eigenvalue weighted by molar-refractivity contribution is -0.113. The van der Waals surface area contributed by atoms with Gasteiger partial charge < -0.3 is 0 Å². The quantitative estimate of drug-likeness (QED) is 0.635. The number of hydrogen-bond donors (Lipinski definition) is 0. The number of halogens is 1. The third kappa shape index (κ3) is 3.16. The van der Waals surface area contributed by atoms with Crippen LogP contribution in [0.15, 0.2) is 65.3 Å². The topological polar surface area (TPSA) is 58.5 Å². The number of aryl methyl sites for hydroxylation is 1. The van der Waals surface area contributed by atoms with E-state index >= 15 is 0 Å². The zero-order chi connectivity index (χ0) is 18.1. The van der Waals surface area contributed by atoms with Gasteiger partial charge in [0.1, 0.15) is 16.5 Å². The van der Waals surface area contributed by atoms with Gasteiger partial charge in [0.2, 0.25) is 5.13 Å². The molecule has 0 radical (unpaired) electrons. The van der Waals surface area contributed by atoms with E-state index in [0.29, 0.717) is 21.7 Å². The third-order valence-corrected chi connectivity index (χ3v) is 4.85. The van der Waals surface area contributed by atoms with Crippen LogP contribution >= 0.6 is 22.9 Å². The van der Waals surface area contributed by atoms with Crippen LogP contribution in [-0.4, -0.2) is 21.9 Å². The predicted octanol–water partition coefficient (Wildman–Crippen LogP) is 4.33. The number of anilines is 1. The molecule has 3 aromatic rings. The molecule has 1 aliphatic heterocycles. The molecule has 0 saturated heterocycles. The van der Waals surface area contributed by atoms with Gasteiger partial charge in [-0.15, -0.1) is 10.2 Å². The van der Waals surface area contributed by atoms with E-state index < -0.39 is 0 Å². The van der Waals surface area contributed by atoms with E-state index in [-0.39, 0.29) is 5.91 Å². The summed E-state index contributed by atoms with van der Waals surface area (Å²) in [7, 11) is 0. The highest BCUT2D eigenvalue weighted by molar-refractivity contribution is 7.15. The number of aromatic nitrogens is 2. The van der Waals surface area contributed by atoms with Crippen molar-refractivity contribution >= 4 is 45.9 Å². The van der Waals surface area contributed by atoms with Gasteiger partial charge in [-0.1, -0.05) is 65.4 Å². The van der Waals surface area contributed by atoms with Gasteiger partial charge >= 0.3 is 0 Å². The SMILES string of the molecule is Cc1nnc(N2C(=O)/C(=C\c3ccc(Cl)cc3)N=C2c2ccccc2)s1. The Morgan fingerprint density at radius 1 is 1.04 bits per heavy atom. The fraction of sp³-hybridized carbons (Fsp3) is 0.0526. The molecule has 0 N–H and O–H groups in total. The van der Waals surface area contributed by atoms with Gasteiger partial charge in [0.15, 0.2) is 0 Å². The van der Waals surface area contributed by atoms with Crippen LogP contribution < -0.4 is 4.90 Å². The molecule has 2 aromatic carbocycles. The largest absolute Gasteiger partial charge is 0.284 e. The van der Waals surface area contributed by atoms with E-state index in [2.05, 4.69) is 15.2 Å². The Kier molecular flexibility index (Phi) is 4.36. The predicted molar refractivity (Wildman–Crippen MR) is 105 cm³/mol. The normalized spacial score (nSPS) is 15.6. The molecule has 0 spiro atoms. The molecule has 2 heterocycles. The second-order valence-corrected chi connectivity index (χ2v) is 7.22. The lowest BCUT2D eigenvalue weighted by atomic mass is 10.2. The molecule has 4 rings (SSSR count). The molecule has 1 aliphatic rings. The smallest absolute Gasteiger partial charge is 0.266 e. The minimum absolute atomic E-state index is 0.227. The van der Waals surface area contributed by atoms with Crippen LogP contribution in [0.4, 0.5) is 5.13 Å². The molecule has 5 nitrogen and oxygen atoms in total. The van der Waals surface area contributed by atoms with Gasteiger partial charge in [0.05, 0.1) is 0 Å². The second kappa shape index (κ2) is 6.82. The van der Waals surface area contributed by atoms with Crippen LogP contribution in [0.1, 0.15) is 16.1 Å². The van der Waals surface area contributed by atoms with Crippen LogP contribution in [0.3, 0.4) is 0 Å². The molecular formula is C19H13ClN4OS. The highest BCUT2D eigenvalue weighted by Gasteiger charge is 2.34. The van der Waals surface area contributed by atoms with E-state index in [4.69, 9.17) is 11.6 Å². The highest BCUT2D eigenvalue weighted by atomic mass is 35.5. The molecule has 0 fully saturated rings. The molecule has 1 aromatic heterocycles. The molecule has 26 heavy (non-hydrogen) atoms. The van der Waals surface area contributed by atoms with Crippen molar-refractivity contribution in [3.8, 4) is 0 Å². The summed E-state index contributed by atoms with van der Waals surface area (Å²) in [5.41, 5.74) is 2.04. The summed E-state index contributed by atoms with van der Waals surface area (Å²) in [5, 5.41) is 10.1. The van der Waals surface area contributed by atoms with Crippen LogP contribution in [0, 0.1) is 6.92 Å². The highest BCUT2D eigenvalue weighted by Crippen LogP contribution is 2.29. The van der Waals surface area contributed by atoms with Gasteiger partial charge in [-0.2, -0.15) is 0 Å². The van der Waals surface area contributed by atoms with Gasteiger partial charge in [0.25, 0.3) is 5.91 Å². The van der Waals surface area contributed by atoms with Crippen molar-refractivity contribution in [1.82, 2.24) is 10.2 Å². The lowest BCUT2D eigenvalue weighted by Gasteiger charge is -2.14. The Balaban J connectivity index is 1.80. The van der Waals surface area contributed by atoms with Gasteiger partial charge in [0, 0.05) is 10.6 Å². The molecular weight excluding hydrogens is 368 g/mol. The first-order chi connectivity index (χ1) is 12.6. The Morgan fingerprint density at radius 3 is 2.42 bits per heavy atom. The first kappa shape index (κ1) is 16.6. The summed E-state index contributed by atoms with van der Waals surface area (Å²) in [5.74, 6) is 0.321. The number of hydrogen-bond acceptors (Lipinski definition) is 5. The number of rotatable bonds is 3. The van der Waals surface area contributed by atoms with E-state index in [0.717, 1.165) is 16.1 Å². The van der Waals surface area contributed by atoms with Crippen molar-refractivity contribution in [3.05, 3.63) is 81.5 Å². The summed E-state index contributed by atoms with van der Waals surface area (Å²) in [6.07, 6.45) is 1.75. The minimum Gasteiger partial charge on any atom is -0.266 e. The number of amidine groups is 1. The Hall–Kier alpha value is -2.83. The summed E-state index contributed by atoms with van der Waals surface area (Å²) < 4.78 is 0. The molecule has 0 atom stereocenters. The maximum absolute atomic E-state index is 13.0. The fourth-order valence-corrected chi connectivity index (χ4v) is 3.38. The van der Waals surface area contributed by atoms with Gasteiger partial charge in [-0.25, -0.2) is 9.89 Å². The number of nitrogens with zero attached hydrogens (tertiary/aromatic N) is 4. The monoisotopic (exact) mass is 380 g/mol. The Bertz CT molecular complexity index is 1030. The van der Waals surface area contributed by atoms with E-state index in [1.807, 2.05) is 49.4 Å². The average Bonchev–Trinajstić information content (AvgIpc) is 3.21. The van der Waals surface area contributed by atoms with E-state index in [9.17, 15) is 4.79 Å². The van der Waals surface area contributed by atoms with Gasteiger partial charge in [-0.05, 0) is 30.7 Å². The first-order valence-electron chi connectivity index (χ1n) is 7.88.